The van der Waals surface area contributed by atoms with Crippen LogP contribution in [0, 0.1) is 0 Å². The summed E-state index contributed by atoms with van der Waals surface area (Å²) in [6, 6.07) is 1.77. The summed E-state index contributed by atoms with van der Waals surface area (Å²) in [7, 11) is 1.81. The van der Waals surface area contributed by atoms with Crippen molar-refractivity contribution in [2.75, 3.05) is 44.8 Å². The topological polar surface area (TPSA) is 58.6 Å². The largest absolute Gasteiger partial charge is 0.378 e. The lowest BCUT2D eigenvalue weighted by molar-refractivity contribution is 0.0787. The second kappa shape index (κ2) is 7.19. The molecule has 6 heteroatoms. The lowest BCUT2D eigenvalue weighted by atomic mass is 10.3. The number of hydrogen-bond acceptors (Lipinski definition) is 5. The Kier molecular flexibility index (Phi) is 5.29. The molecule has 0 aliphatic carbocycles. The molecule has 0 atom stereocenters. The van der Waals surface area contributed by atoms with Crippen molar-refractivity contribution < 1.29 is 9.53 Å². The Labute approximate surface area is 119 Å². The minimum absolute atomic E-state index is 0.0460. The van der Waals surface area contributed by atoms with Crippen LogP contribution in [0.5, 0.6) is 0 Å². The molecule has 1 fully saturated rings. The highest BCUT2D eigenvalue weighted by atomic mass is 16.5. The summed E-state index contributed by atoms with van der Waals surface area (Å²) in [5, 5.41) is 0. The van der Waals surface area contributed by atoms with E-state index in [0.29, 0.717) is 18.9 Å². The van der Waals surface area contributed by atoms with Gasteiger partial charge in [-0.05, 0) is 6.42 Å². The Hall–Kier alpha value is -1.69. The number of hydrogen-bond donors (Lipinski definition) is 0. The van der Waals surface area contributed by atoms with Crippen LogP contribution in [-0.4, -0.2) is 60.7 Å². The number of nitrogens with zero attached hydrogens (tertiary/aromatic N) is 4. The van der Waals surface area contributed by atoms with E-state index in [2.05, 4.69) is 21.8 Å². The Morgan fingerprint density at radius 3 is 2.85 bits per heavy atom. The van der Waals surface area contributed by atoms with Crippen molar-refractivity contribution in [3.05, 3.63) is 18.1 Å². The number of anilines is 1. The van der Waals surface area contributed by atoms with E-state index in [1.807, 2.05) is 7.05 Å². The van der Waals surface area contributed by atoms with Gasteiger partial charge in [-0.2, -0.15) is 0 Å². The monoisotopic (exact) mass is 278 g/mol. The summed E-state index contributed by atoms with van der Waals surface area (Å²) in [5.41, 5.74) is 0.458. The van der Waals surface area contributed by atoms with E-state index >= 15 is 0 Å². The molecule has 110 valence electrons. The highest BCUT2D eigenvalue weighted by Gasteiger charge is 2.17. The van der Waals surface area contributed by atoms with Crippen molar-refractivity contribution in [2.24, 2.45) is 0 Å². The molecule has 20 heavy (non-hydrogen) atoms. The van der Waals surface area contributed by atoms with Gasteiger partial charge >= 0.3 is 0 Å². The van der Waals surface area contributed by atoms with Crippen LogP contribution in [0.1, 0.15) is 30.3 Å². The molecular weight excluding hydrogens is 256 g/mol. The molecule has 1 aromatic rings. The van der Waals surface area contributed by atoms with Crippen LogP contribution < -0.4 is 4.90 Å². The van der Waals surface area contributed by atoms with Crippen molar-refractivity contribution in [2.45, 2.75) is 19.8 Å². The number of morpholine rings is 1. The SMILES string of the molecule is CCCCN(C)C(=O)c1cc(N2CCOCC2)ncn1. The van der Waals surface area contributed by atoms with E-state index in [9.17, 15) is 4.79 Å². The van der Waals surface area contributed by atoms with Crippen molar-refractivity contribution in [1.82, 2.24) is 14.9 Å². The van der Waals surface area contributed by atoms with Gasteiger partial charge in [-0.15, -0.1) is 0 Å². The summed E-state index contributed by atoms with van der Waals surface area (Å²) < 4.78 is 5.32. The minimum Gasteiger partial charge on any atom is -0.378 e. The molecular formula is C14H22N4O2. The highest BCUT2D eigenvalue weighted by molar-refractivity contribution is 5.92. The Bertz CT molecular complexity index is 447. The zero-order valence-corrected chi connectivity index (χ0v) is 12.2. The summed E-state index contributed by atoms with van der Waals surface area (Å²) in [6.45, 7) is 5.87. The van der Waals surface area contributed by atoms with E-state index < -0.39 is 0 Å². The quantitative estimate of drug-likeness (QED) is 0.809. The number of unbranched alkanes of at least 4 members (excludes halogenated alkanes) is 1. The summed E-state index contributed by atoms with van der Waals surface area (Å²) >= 11 is 0. The fourth-order valence-electron chi connectivity index (χ4n) is 2.12. The third-order valence-corrected chi connectivity index (χ3v) is 3.40. The van der Waals surface area contributed by atoms with Gasteiger partial charge in [0.05, 0.1) is 13.2 Å². The molecule has 0 unspecified atom stereocenters. The van der Waals surface area contributed by atoms with E-state index in [-0.39, 0.29) is 5.91 Å². The lowest BCUT2D eigenvalue weighted by Gasteiger charge is -2.27. The maximum Gasteiger partial charge on any atom is 0.272 e. The van der Waals surface area contributed by atoms with Crippen LogP contribution in [0.2, 0.25) is 0 Å². The molecule has 0 N–H and O–H groups in total. The number of ether oxygens (including phenoxy) is 1. The zero-order chi connectivity index (χ0) is 14.4. The van der Waals surface area contributed by atoms with Crippen LogP contribution in [-0.2, 0) is 4.74 Å². The highest BCUT2D eigenvalue weighted by Crippen LogP contribution is 2.13. The van der Waals surface area contributed by atoms with Crippen LogP contribution in [0.15, 0.2) is 12.4 Å². The molecule has 2 rings (SSSR count). The molecule has 2 heterocycles. The Morgan fingerprint density at radius 2 is 2.15 bits per heavy atom. The van der Waals surface area contributed by atoms with Gasteiger partial charge in [-0.3, -0.25) is 4.79 Å². The maximum atomic E-state index is 12.3. The fourth-order valence-corrected chi connectivity index (χ4v) is 2.12. The predicted molar refractivity (Wildman–Crippen MR) is 76.9 cm³/mol. The first-order valence-electron chi connectivity index (χ1n) is 7.12. The lowest BCUT2D eigenvalue weighted by Crippen LogP contribution is -2.37. The van der Waals surface area contributed by atoms with Crippen molar-refractivity contribution in [1.29, 1.82) is 0 Å². The number of carbonyl (C=O) groups excluding carboxylic acids is 1. The molecule has 0 saturated carbocycles. The third-order valence-electron chi connectivity index (χ3n) is 3.40. The van der Waals surface area contributed by atoms with Gasteiger partial charge in [0.2, 0.25) is 0 Å². The molecule has 6 nitrogen and oxygen atoms in total. The summed E-state index contributed by atoms with van der Waals surface area (Å²) in [6.07, 6.45) is 3.54. The number of rotatable bonds is 5. The van der Waals surface area contributed by atoms with Crippen LogP contribution >= 0.6 is 0 Å². The predicted octanol–water partition coefficient (Wildman–Crippen LogP) is 1.19. The molecule has 1 amide bonds. The van der Waals surface area contributed by atoms with Gasteiger partial charge in [0, 0.05) is 32.7 Å². The van der Waals surface area contributed by atoms with E-state index in [4.69, 9.17) is 4.74 Å². The van der Waals surface area contributed by atoms with E-state index in [1.165, 1.54) is 6.33 Å². The average Bonchev–Trinajstić information content (AvgIpc) is 2.53. The maximum absolute atomic E-state index is 12.3. The first-order chi connectivity index (χ1) is 9.72. The minimum atomic E-state index is -0.0460. The Balaban J connectivity index is 2.06. The van der Waals surface area contributed by atoms with E-state index in [0.717, 1.165) is 38.3 Å². The molecule has 1 aromatic heterocycles. The van der Waals surface area contributed by atoms with Crippen molar-refractivity contribution >= 4 is 11.7 Å². The summed E-state index contributed by atoms with van der Waals surface area (Å²) in [5.74, 6) is 0.755. The molecule has 0 bridgehead atoms. The molecule has 1 aliphatic heterocycles. The second-order valence-electron chi connectivity index (χ2n) is 4.94. The zero-order valence-electron chi connectivity index (χ0n) is 12.2. The van der Waals surface area contributed by atoms with Gasteiger partial charge in [0.1, 0.15) is 17.8 Å². The van der Waals surface area contributed by atoms with Gasteiger partial charge in [0.15, 0.2) is 0 Å². The molecule has 0 spiro atoms. The average molecular weight is 278 g/mol. The van der Waals surface area contributed by atoms with E-state index in [1.54, 1.807) is 11.0 Å². The molecule has 1 saturated heterocycles. The second-order valence-corrected chi connectivity index (χ2v) is 4.94. The molecule has 0 radical (unpaired) electrons. The molecule has 1 aliphatic rings. The van der Waals surface area contributed by atoms with Crippen LogP contribution in [0.3, 0.4) is 0 Å². The number of aromatic nitrogens is 2. The first kappa shape index (κ1) is 14.7. The van der Waals surface area contributed by atoms with Gasteiger partial charge in [-0.25, -0.2) is 9.97 Å². The first-order valence-corrected chi connectivity index (χ1v) is 7.12. The normalized spacial score (nSPS) is 15.2. The van der Waals surface area contributed by atoms with Crippen LogP contribution in [0.4, 0.5) is 5.82 Å². The Morgan fingerprint density at radius 1 is 1.40 bits per heavy atom. The van der Waals surface area contributed by atoms with Crippen molar-refractivity contribution in [3.8, 4) is 0 Å². The van der Waals surface area contributed by atoms with Gasteiger partial charge in [-0.1, -0.05) is 13.3 Å². The number of amides is 1. The smallest absolute Gasteiger partial charge is 0.272 e. The fraction of sp³-hybridized carbons (Fsp3) is 0.643. The van der Waals surface area contributed by atoms with Crippen LogP contribution in [0.25, 0.3) is 0 Å². The standard InChI is InChI=1S/C14H22N4O2/c1-3-4-5-17(2)14(19)12-10-13(16-11-15-12)18-6-8-20-9-7-18/h10-11H,3-9H2,1-2H3. The van der Waals surface area contributed by atoms with Crippen molar-refractivity contribution in [3.63, 3.8) is 0 Å². The summed E-state index contributed by atoms with van der Waals surface area (Å²) in [4.78, 5) is 24.5. The molecule has 0 aromatic carbocycles. The third kappa shape index (κ3) is 3.66. The van der Waals surface area contributed by atoms with Gasteiger partial charge < -0.3 is 14.5 Å². The van der Waals surface area contributed by atoms with Gasteiger partial charge in [0.25, 0.3) is 5.91 Å². The number of carbonyl (C=O) groups is 1.